The maximum absolute atomic E-state index is 3.00. The first kappa shape index (κ1) is 14.5. The van der Waals surface area contributed by atoms with Crippen molar-refractivity contribution in [1.82, 2.24) is 0 Å². The predicted octanol–water partition coefficient (Wildman–Crippen LogP) is 4.30. The minimum absolute atomic E-state index is 0. The molecule has 0 spiro atoms. The summed E-state index contributed by atoms with van der Waals surface area (Å²) in [4.78, 5) is 0. The van der Waals surface area contributed by atoms with Gasteiger partial charge < -0.3 is 0 Å². The quantitative estimate of drug-likeness (QED) is 0.562. The highest BCUT2D eigenvalue weighted by molar-refractivity contribution is 5.32. The van der Waals surface area contributed by atoms with Crippen molar-refractivity contribution in [2.75, 3.05) is 0 Å². The summed E-state index contributed by atoms with van der Waals surface area (Å²) in [6.07, 6.45) is 1.15. The Morgan fingerprint density at radius 3 is 2.08 bits per heavy atom. The average molecular weight is 178 g/mol. The van der Waals surface area contributed by atoms with Crippen molar-refractivity contribution in [3.63, 3.8) is 0 Å². The third-order valence-electron chi connectivity index (χ3n) is 2.10. The van der Waals surface area contributed by atoms with E-state index in [4.69, 9.17) is 0 Å². The predicted molar refractivity (Wildman–Crippen MR) is 63.3 cm³/mol. The molecule has 0 N–H and O–H groups in total. The fourth-order valence-electron chi connectivity index (χ4n) is 1.19. The van der Waals surface area contributed by atoms with Gasteiger partial charge in [0.25, 0.3) is 0 Å². The lowest BCUT2D eigenvalue weighted by atomic mass is 10.0. The van der Waals surface area contributed by atoms with Crippen molar-refractivity contribution in [2.45, 2.75) is 34.6 Å². The van der Waals surface area contributed by atoms with Crippen molar-refractivity contribution in [1.29, 1.82) is 0 Å². The SMILES string of the molecule is C.C=C.CCc1cccc(C)c1C. The van der Waals surface area contributed by atoms with Crippen LogP contribution < -0.4 is 0 Å². The van der Waals surface area contributed by atoms with Gasteiger partial charge in [-0.05, 0) is 37.0 Å². The molecular weight excluding hydrogens is 156 g/mol. The summed E-state index contributed by atoms with van der Waals surface area (Å²) in [5.74, 6) is 0. The summed E-state index contributed by atoms with van der Waals surface area (Å²) in [6.45, 7) is 12.5. The van der Waals surface area contributed by atoms with Gasteiger partial charge in [0.2, 0.25) is 0 Å². The fourth-order valence-corrected chi connectivity index (χ4v) is 1.19. The molecule has 0 unspecified atom stereocenters. The van der Waals surface area contributed by atoms with E-state index in [9.17, 15) is 0 Å². The molecule has 1 aromatic rings. The van der Waals surface area contributed by atoms with Crippen LogP contribution in [-0.4, -0.2) is 0 Å². The highest BCUT2D eigenvalue weighted by Gasteiger charge is 1.95. The molecular formula is C13H22. The van der Waals surface area contributed by atoms with E-state index in [0.29, 0.717) is 0 Å². The monoisotopic (exact) mass is 178 g/mol. The molecule has 0 amide bonds. The van der Waals surface area contributed by atoms with Crippen molar-refractivity contribution in [3.8, 4) is 0 Å². The molecule has 1 aromatic carbocycles. The van der Waals surface area contributed by atoms with Crippen LogP contribution >= 0.6 is 0 Å². The third kappa shape index (κ3) is 3.93. The Morgan fingerprint density at radius 1 is 1.15 bits per heavy atom. The Bertz CT molecular complexity index is 236. The molecule has 0 heteroatoms. The molecule has 0 bridgehead atoms. The number of hydrogen-bond acceptors (Lipinski definition) is 0. The van der Waals surface area contributed by atoms with Gasteiger partial charge in [-0.3, -0.25) is 0 Å². The lowest BCUT2D eigenvalue weighted by molar-refractivity contribution is 1.09. The maximum atomic E-state index is 3.00. The third-order valence-corrected chi connectivity index (χ3v) is 2.10. The molecule has 0 nitrogen and oxygen atoms in total. The molecule has 0 aliphatic rings. The van der Waals surface area contributed by atoms with E-state index >= 15 is 0 Å². The summed E-state index contributed by atoms with van der Waals surface area (Å²) in [6, 6.07) is 6.48. The summed E-state index contributed by atoms with van der Waals surface area (Å²) in [5, 5.41) is 0. The van der Waals surface area contributed by atoms with E-state index in [0.717, 1.165) is 6.42 Å². The molecule has 0 saturated heterocycles. The molecule has 0 atom stereocenters. The van der Waals surface area contributed by atoms with Crippen LogP contribution in [0.15, 0.2) is 31.4 Å². The van der Waals surface area contributed by atoms with Crippen molar-refractivity contribution in [3.05, 3.63) is 48.0 Å². The molecule has 0 fully saturated rings. The zero-order valence-electron chi connectivity index (χ0n) is 8.35. The molecule has 0 aliphatic carbocycles. The molecule has 0 aliphatic heterocycles. The van der Waals surface area contributed by atoms with E-state index < -0.39 is 0 Å². The van der Waals surface area contributed by atoms with Crippen LogP contribution in [0.3, 0.4) is 0 Å². The lowest BCUT2D eigenvalue weighted by Gasteiger charge is -2.04. The molecule has 0 radical (unpaired) electrons. The summed E-state index contributed by atoms with van der Waals surface area (Å²) in [5.41, 5.74) is 4.32. The molecule has 0 heterocycles. The van der Waals surface area contributed by atoms with E-state index in [1.165, 1.54) is 16.7 Å². The van der Waals surface area contributed by atoms with Gasteiger partial charge in [0.1, 0.15) is 0 Å². The van der Waals surface area contributed by atoms with Crippen LogP contribution in [0.4, 0.5) is 0 Å². The lowest BCUT2D eigenvalue weighted by Crippen LogP contribution is -1.88. The van der Waals surface area contributed by atoms with E-state index in [1.807, 2.05) is 0 Å². The first-order chi connectivity index (χ1) is 5.75. The largest absolute Gasteiger partial charge is 0.106 e. The molecule has 0 saturated carbocycles. The summed E-state index contributed by atoms with van der Waals surface area (Å²) >= 11 is 0. The molecule has 74 valence electrons. The maximum Gasteiger partial charge on any atom is -0.0305 e. The normalized spacial score (nSPS) is 7.92. The van der Waals surface area contributed by atoms with E-state index in [1.54, 1.807) is 0 Å². The fraction of sp³-hybridized carbons (Fsp3) is 0.385. The van der Waals surface area contributed by atoms with Gasteiger partial charge in [-0.1, -0.05) is 32.5 Å². The smallest absolute Gasteiger partial charge is 0.0305 e. The Morgan fingerprint density at radius 2 is 1.69 bits per heavy atom. The topological polar surface area (TPSA) is 0 Å². The second-order valence-corrected chi connectivity index (χ2v) is 2.71. The Hall–Kier alpha value is -1.04. The molecule has 1 rings (SSSR count). The van der Waals surface area contributed by atoms with Crippen molar-refractivity contribution in [2.24, 2.45) is 0 Å². The minimum atomic E-state index is 0. The standard InChI is InChI=1S/C10H14.C2H4.CH4/c1-4-10-7-5-6-8(2)9(10)3;1-2;/h5-7H,4H2,1-3H3;1-2H2;1H4. The van der Waals surface area contributed by atoms with Crippen LogP contribution in [0.5, 0.6) is 0 Å². The summed E-state index contributed by atoms with van der Waals surface area (Å²) < 4.78 is 0. The first-order valence-corrected chi connectivity index (χ1v) is 4.30. The van der Waals surface area contributed by atoms with Crippen LogP contribution in [0, 0.1) is 13.8 Å². The van der Waals surface area contributed by atoms with Crippen LogP contribution in [0.2, 0.25) is 0 Å². The van der Waals surface area contributed by atoms with Crippen LogP contribution in [-0.2, 0) is 6.42 Å². The Balaban J connectivity index is 0. The van der Waals surface area contributed by atoms with Gasteiger partial charge in [0.15, 0.2) is 0 Å². The van der Waals surface area contributed by atoms with Gasteiger partial charge in [0, 0.05) is 0 Å². The number of aryl methyl sites for hydroxylation is 2. The van der Waals surface area contributed by atoms with E-state index in [-0.39, 0.29) is 7.43 Å². The number of hydrogen-bond donors (Lipinski definition) is 0. The van der Waals surface area contributed by atoms with E-state index in [2.05, 4.69) is 52.1 Å². The zero-order valence-corrected chi connectivity index (χ0v) is 8.35. The second-order valence-electron chi connectivity index (χ2n) is 2.71. The van der Waals surface area contributed by atoms with Gasteiger partial charge in [-0.25, -0.2) is 0 Å². The second kappa shape index (κ2) is 7.60. The van der Waals surface area contributed by atoms with Gasteiger partial charge in [-0.2, -0.15) is 0 Å². The van der Waals surface area contributed by atoms with Gasteiger partial charge >= 0.3 is 0 Å². The number of benzene rings is 1. The molecule has 0 aromatic heterocycles. The van der Waals surface area contributed by atoms with Crippen LogP contribution in [0.1, 0.15) is 31.0 Å². The average Bonchev–Trinajstić information content (AvgIpc) is 2.13. The number of rotatable bonds is 1. The minimum Gasteiger partial charge on any atom is -0.106 e. The Labute approximate surface area is 83.3 Å². The Kier molecular flexibility index (Phi) is 8.47. The molecule has 13 heavy (non-hydrogen) atoms. The van der Waals surface area contributed by atoms with Gasteiger partial charge in [-0.15, -0.1) is 13.2 Å². The van der Waals surface area contributed by atoms with Crippen LogP contribution in [0.25, 0.3) is 0 Å². The zero-order chi connectivity index (χ0) is 9.56. The summed E-state index contributed by atoms with van der Waals surface area (Å²) in [7, 11) is 0. The van der Waals surface area contributed by atoms with Crippen molar-refractivity contribution < 1.29 is 0 Å². The van der Waals surface area contributed by atoms with Crippen molar-refractivity contribution >= 4 is 0 Å². The highest BCUT2D eigenvalue weighted by atomic mass is 14.0. The highest BCUT2D eigenvalue weighted by Crippen LogP contribution is 2.12. The first-order valence-electron chi connectivity index (χ1n) is 4.30. The van der Waals surface area contributed by atoms with Gasteiger partial charge in [0.05, 0.1) is 0 Å².